The molecule has 2 rings (SSSR count). The van der Waals surface area contributed by atoms with Gasteiger partial charge in [-0.1, -0.05) is 30.3 Å². The van der Waals surface area contributed by atoms with Gasteiger partial charge in [0.25, 0.3) is 0 Å². The molecule has 0 amide bonds. The Morgan fingerprint density at radius 1 is 0.950 bits per heavy atom. The average molecular weight is 270 g/mol. The summed E-state index contributed by atoms with van der Waals surface area (Å²) in [4.78, 5) is 0. The van der Waals surface area contributed by atoms with Crippen molar-refractivity contribution in [1.29, 1.82) is 0 Å². The summed E-state index contributed by atoms with van der Waals surface area (Å²) in [5.41, 5.74) is 5.01. The van der Waals surface area contributed by atoms with Crippen molar-refractivity contribution in [3.05, 3.63) is 59.7 Å². The first-order valence-electron chi connectivity index (χ1n) is 6.36. The van der Waals surface area contributed by atoms with Crippen LogP contribution in [0.1, 0.15) is 11.1 Å². The molecule has 0 unspecified atom stereocenters. The lowest BCUT2D eigenvalue weighted by molar-refractivity contribution is 0.408. The van der Waals surface area contributed by atoms with Crippen LogP contribution in [0.2, 0.25) is 0 Å². The number of hydrogen-bond donors (Lipinski definition) is 1. The molecule has 104 valence electrons. The van der Waals surface area contributed by atoms with Crippen molar-refractivity contribution in [2.45, 2.75) is 6.54 Å². The molecule has 4 nitrogen and oxygen atoms in total. The molecule has 0 fully saturated rings. The summed E-state index contributed by atoms with van der Waals surface area (Å²) in [6, 6.07) is 15.6. The van der Waals surface area contributed by atoms with Crippen LogP contribution in [-0.4, -0.2) is 20.4 Å². The molecule has 0 heterocycles. The zero-order valence-corrected chi connectivity index (χ0v) is 11.7. The van der Waals surface area contributed by atoms with E-state index in [0.29, 0.717) is 6.54 Å². The largest absolute Gasteiger partial charge is 0.496 e. The van der Waals surface area contributed by atoms with Crippen molar-refractivity contribution >= 4 is 6.21 Å². The third kappa shape index (κ3) is 3.51. The summed E-state index contributed by atoms with van der Waals surface area (Å²) in [6.45, 7) is 0.607. The Kier molecular flexibility index (Phi) is 5.00. The number of benzene rings is 2. The Morgan fingerprint density at radius 2 is 1.60 bits per heavy atom. The Morgan fingerprint density at radius 3 is 2.35 bits per heavy atom. The highest BCUT2D eigenvalue weighted by atomic mass is 16.5. The number of hydrazone groups is 1. The minimum atomic E-state index is 0.607. The minimum absolute atomic E-state index is 0.607. The summed E-state index contributed by atoms with van der Waals surface area (Å²) in [5.74, 6) is 1.66. The molecular formula is C16H18N2O2. The van der Waals surface area contributed by atoms with Crippen LogP contribution < -0.4 is 14.9 Å². The van der Waals surface area contributed by atoms with Crippen molar-refractivity contribution in [3.63, 3.8) is 0 Å². The number of methoxy groups -OCH3 is 2. The summed E-state index contributed by atoms with van der Waals surface area (Å²) < 4.78 is 10.5. The monoisotopic (exact) mass is 270 g/mol. The van der Waals surface area contributed by atoms with E-state index in [-0.39, 0.29) is 0 Å². The SMILES string of the molecule is COc1ccccc1/C=N\NCc1ccccc1OC. The van der Waals surface area contributed by atoms with Gasteiger partial charge in [0.1, 0.15) is 11.5 Å². The molecule has 0 radical (unpaired) electrons. The molecule has 0 bridgehead atoms. The Bertz CT molecular complexity index is 582. The van der Waals surface area contributed by atoms with E-state index in [0.717, 1.165) is 22.6 Å². The molecule has 0 spiro atoms. The molecule has 1 N–H and O–H groups in total. The minimum Gasteiger partial charge on any atom is -0.496 e. The zero-order chi connectivity index (χ0) is 14.2. The van der Waals surface area contributed by atoms with Crippen LogP contribution in [0.3, 0.4) is 0 Å². The van der Waals surface area contributed by atoms with Gasteiger partial charge in [-0.25, -0.2) is 0 Å². The first-order chi connectivity index (χ1) is 9.85. The highest BCUT2D eigenvalue weighted by Crippen LogP contribution is 2.17. The van der Waals surface area contributed by atoms with E-state index < -0.39 is 0 Å². The van der Waals surface area contributed by atoms with Crippen LogP contribution in [0.5, 0.6) is 11.5 Å². The maximum Gasteiger partial charge on any atom is 0.127 e. The molecule has 0 aliphatic heterocycles. The fraction of sp³-hybridized carbons (Fsp3) is 0.188. The van der Waals surface area contributed by atoms with E-state index >= 15 is 0 Å². The Labute approximate surface area is 119 Å². The van der Waals surface area contributed by atoms with Gasteiger partial charge in [-0.2, -0.15) is 5.10 Å². The summed E-state index contributed by atoms with van der Waals surface area (Å²) in [5, 5.41) is 4.21. The van der Waals surface area contributed by atoms with Crippen molar-refractivity contribution < 1.29 is 9.47 Å². The predicted molar refractivity (Wildman–Crippen MR) is 80.4 cm³/mol. The fourth-order valence-corrected chi connectivity index (χ4v) is 1.87. The van der Waals surface area contributed by atoms with Crippen LogP contribution in [0.25, 0.3) is 0 Å². The van der Waals surface area contributed by atoms with E-state index in [1.807, 2.05) is 48.5 Å². The normalized spacial score (nSPS) is 10.5. The molecule has 0 aromatic heterocycles. The summed E-state index contributed by atoms with van der Waals surface area (Å²) in [7, 11) is 3.31. The number of nitrogens with one attached hydrogen (secondary N) is 1. The van der Waals surface area contributed by atoms with Gasteiger partial charge in [0.05, 0.1) is 27.0 Å². The van der Waals surface area contributed by atoms with Gasteiger partial charge in [-0.05, 0) is 18.2 Å². The van der Waals surface area contributed by atoms with Crippen molar-refractivity contribution in [1.82, 2.24) is 5.43 Å². The van der Waals surface area contributed by atoms with Gasteiger partial charge >= 0.3 is 0 Å². The number of para-hydroxylation sites is 2. The second kappa shape index (κ2) is 7.19. The molecule has 0 saturated carbocycles. The third-order valence-corrected chi connectivity index (χ3v) is 2.90. The van der Waals surface area contributed by atoms with Gasteiger partial charge in [-0.3, -0.25) is 0 Å². The lowest BCUT2D eigenvalue weighted by atomic mass is 10.2. The molecule has 0 atom stereocenters. The van der Waals surface area contributed by atoms with Crippen LogP contribution in [0.4, 0.5) is 0 Å². The van der Waals surface area contributed by atoms with Gasteiger partial charge in [0, 0.05) is 11.1 Å². The highest BCUT2D eigenvalue weighted by molar-refractivity contribution is 5.83. The highest BCUT2D eigenvalue weighted by Gasteiger charge is 2.00. The number of hydrogen-bond acceptors (Lipinski definition) is 4. The van der Waals surface area contributed by atoms with E-state index in [4.69, 9.17) is 9.47 Å². The number of nitrogens with zero attached hydrogens (tertiary/aromatic N) is 1. The van der Waals surface area contributed by atoms with E-state index in [1.54, 1.807) is 20.4 Å². The third-order valence-electron chi connectivity index (χ3n) is 2.90. The molecule has 0 saturated heterocycles. The smallest absolute Gasteiger partial charge is 0.127 e. The number of rotatable bonds is 6. The van der Waals surface area contributed by atoms with Gasteiger partial charge in [0.15, 0.2) is 0 Å². The van der Waals surface area contributed by atoms with Crippen molar-refractivity contribution in [2.75, 3.05) is 14.2 Å². The molecule has 2 aromatic carbocycles. The fourth-order valence-electron chi connectivity index (χ4n) is 1.87. The van der Waals surface area contributed by atoms with Crippen LogP contribution in [0.15, 0.2) is 53.6 Å². The second-order valence-electron chi connectivity index (χ2n) is 4.15. The molecule has 20 heavy (non-hydrogen) atoms. The van der Waals surface area contributed by atoms with E-state index in [1.165, 1.54) is 0 Å². The van der Waals surface area contributed by atoms with Gasteiger partial charge < -0.3 is 14.9 Å². The number of ether oxygens (including phenoxy) is 2. The molecule has 0 aliphatic rings. The quantitative estimate of drug-likeness (QED) is 0.648. The lowest BCUT2D eigenvalue weighted by Gasteiger charge is -2.07. The summed E-state index contributed by atoms with van der Waals surface area (Å²) >= 11 is 0. The second-order valence-corrected chi connectivity index (χ2v) is 4.15. The van der Waals surface area contributed by atoms with Crippen LogP contribution in [0, 0.1) is 0 Å². The Hall–Kier alpha value is -2.49. The zero-order valence-electron chi connectivity index (χ0n) is 11.7. The molecule has 4 heteroatoms. The Balaban J connectivity index is 1.97. The topological polar surface area (TPSA) is 42.8 Å². The molecular weight excluding hydrogens is 252 g/mol. The molecule has 2 aromatic rings. The van der Waals surface area contributed by atoms with E-state index in [9.17, 15) is 0 Å². The first-order valence-corrected chi connectivity index (χ1v) is 6.36. The first kappa shape index (κ1) is 13.9. The predicted octanol–water partition coefficient (Wildman–Crippen LogP) is 2.83. The van der Waals surface area contributed by atoms with Crippen LogP contribution in [-0.2, 0) is 6.54 Å². The van der Waals surface area contributed by atoms with Gasteiger partial charge in [0.2, 0.25) is 0 Å². The van der Waals surface area contributed by atoms with E-state index in [2.05, 4.69) is 10.5 Å². The average Bonchev–Trinajstić information content (AvgIpc) is 2.52. The van der Waals surface area contributed by atoms with Crippen molar-refractivity contribution in [2.24, 2.45) is 5.10 Å². The lowest BCUT2D eigenvalue weighted by Crippen LogP contribution is -2.07. The maximum atomic E-state index is 5.29. The van der Waals surface area contributed by atoms with Gasteiger partial charge in [-0.15, -0.1) is 0 Å². The standard InChI is InChI=1S/C16H18N2O2/c1-19-15-9-5-3-7-13(15)11-17-18-12-14-8-4-6-10-16(14)20-2/h3-11,18H,12H2,1-2H3/b17-11-. The van der Waals surface area contributed by atoms with Crippen molar-refractivity contribution in [3.8, 4) is 11.5 Å². The maximum absolute atomic E-state index is 5.29. The van der Waals surface area contributed by atoms with Crippen LogP contribution >= 0.6 is 0 Å². The summed E-state index contributed by atoms with van der Waals surface area (Å²) in [6.07, 6.45) is 1.74. The molecule has 0 aliphatic carbocycles.